The number of aryl methyl sites for hydroxylation is 1. The lowest BCUT2D eigenvalue weighted by Gasteiger charge is -2.18. The van der Waals surface area contributed by atoms with E-state index in [1.807, 2.05) is 17.6 Å². The number of thioether (sulfide) groups is 1. The van der Waals surface area contributed by atoms with Crippen LogP contribution in [0.3, 0.4) is 0 Å². The van der Waals surface area contributed by atoms with Crippen molar-refractivity contribution >= 4 is 38.6 Å². The molecule has 2 N–H and O–H groups in total. The van der Waals surface area contributed by atoms with Crippen molar-refractivity contribution in [3.63, 3.8) is 0 Å². The summed E-state index contributed by atoms with van der Waals surface area (Å²) in [6.07, 6.45) is 0. The molecule has 0 bridgehead atoms. The van der Waals surface area contributed by atoms with Crippen LogP contribution in [0.25, 0.3) is 11.0 Å². The van der Waals surface area contributed by atoms with Crippen molar-refractivity contribution in [2.45, 2.75) is 44.3 Å². The van der Waals surface area contributed by atoms with Gasteiger partial charge in [0.05, 0.1) is 21.7 Å². The van der Waals surface area contributed by atoms with E-state index >= 15 is 0 Å². The number of allylic oxidation sites excluding steroid dienone is 2. The molecule has 0 spiro atoms. The Morgan fingerprint density at radius 3 is 2.48 bits per heavy atom. The smallest absolute Gasteiger partial charge is 0.243 e. The molecule has 29 heavy (non-hydrogen) atoms. The van der Waals surface area contributed by atoms with Crippen LogP contribution < -0.4 is 5.73 Å². The lowest BCUT2D eigenvalue weighted by atomic mass is 10.2. The van der Waals surface area contributed by atoms with E-state index in [4.69, 9.17) is 11.0 Å². The van der Waals surface area contributed by atoms with Crippen molar-refractivity contribution in [1.82, 2.24) is 13.9 Å². The van der Waals surface area contributed by atoms with Gasteiger partial charge in [-0.2, -0.15) is 9.57 Å². The lowest BCUT2D eigenvalue weighted by Crippen LogP contribution is -2.30. The first-order chi connectivity index (χ1) is 13.7. The Labute approximate surface area is 175 Å². The Morgan fingerprint density at radius 2 is 1.97 bits per heavy atom. The normalized spacial score (nSPS) is 12.8. The maximum atomic E-state index is 12.8. The minimum atomic E-state index is -3.59. The summed E-state index contributed by atoms with van der Waals surface area (Å²) in [5, 5.41) is 9.66. The summed E-state index contributed by atoms with van der Waals surface area (Å²) < 4.78 is 28.9. The molecule has 1 aromatic carbocycles. The summed E-state index contributed by atoms with van der Waals surface area (Å²) in [6, 6.07) is 6.71. The highest BCUT2D eigenvalue weighted by Crippen LogP contribution is 2.27. The van der Waals surface area contributed by atoms with Crippen LogP contribution in [-0.4, -0.2) is 46.9 Å². The second-order valence-electron chi connectivity index (χ2n) is 6.26. The fraction of sp³-hybridized carbons (Fsp3) is 0.421. The molecule has 0 saturated carbocycles. The van der Waals surface area contributed by atoms with Gasteiger partial charge in [-0.1, -0.05) is 25.6 Å². The van der Waals surface area contributed by atoms with Crippen LogP contribution in [0.15, 0.2) is 39.5 Å². The first-order valence-electron chi connectivity index (χ1n) is 9.24. The maximum absolute atomic E-state index is 12.8. The van der Waals surface area contributed by atoms with Gasteiger partial charge in [-0.05, 0) is 32.0 Å². The third-order valence-corrected chi connectivity index (χ3v) is 7.48. The quantitative estimate of drug-likeness (QED) is 0.365. The van der Waals surface area contributed by atoms with Crippen LogP contribution in [0.1, 0.15) is 27.7 Å². The third kappa shape index (κ3) is 4.63. The molecule has 0 saturated heterocycles. The standard InChI is InChI=1S/C19H25N5O3S2/c1-5-23(6-2)29(26,27)14-8-9-17-16(10-14)22-19(24(17)7-3)28-12-18(25)15(11-20)13(4)21/h8-10H,5-7,12,21H2,1-4H3/b15-13-. The van der Waals surface area contributed by atoms with Crippen LogP contribution in [0.4, 0.5) is 0 Å². The van der Waals surface area contributed by atoms with E-state index < -0.39 is 10.0 Å². The molecule has 0 amide bonds. The first kappa shape index (κ1) is 22.9. The second kappa shape index (κ2) is 9.43. The molecule has 0 aliphatic rings. The molecule has 1 heterocycles. The summed E-state index contributed by atoms with van der Waals surface area (Å²) in [6.45, 7) is 8.43. The molecule has 2 aromatic rings. The number of carbonyl (C=O) groups is 1. The van der Waals surface area contributed by atoms with Gasteiger partial charge in [0.2, 0.25) is 10.0 Å². The SMILES string of the molecule is CCN(CC)S(=O)(=O)c1ccc2c(c1)nc(SCC(=O)/C(C#N)=C(/C)N)n2CC. The predicted molar refractivity (Wildman–Crippen MR) is 114 cm³/mol. The Kier molecular flexibility index (Phi) is 7.46. The van der Waals surface area contributed by atoms with Gasteiger partial charge in [-0.15, -0.1) is 0 Å². The molecule has 0 aliphatic heterocycles. The van der Waals surface area contributed by atoms with Crippen molar-refractivity contribution < 1.29 is 13.2 Å². The molecule has 8 nitrogen and oxygen atoms in total. The van der Waals surface area contributed by atoms with Crippen molar-refractivity contribution in [3.8, 4) is 6.07 Å². The molecule has 0 radical (unpaired) electrons. The number of Topliss-reactive ketones (excluding diaryl/α,β-unsaturated/α-hetero) is 1. The maximum Gasteiger partial charge on any atom is 0.243 e. The molecule has 10 heteroatoms. The van der Waals surface area contributed by atoms with Gasteiger partial charge >= 0.3 is 0 Å². The summed E-state index contributed by atoms with van der Waals surface area (Å²) in [7, 11) is -3.59. The van der Waals surface area contributed by atoms with Gasteiger partial charge in [-0.3, -0.25) is 4.79 Å². The minimum absolute atomic E-state index is 0.0192. The number of nitriles is 1. The third-order valence-electron chi connectivity index (χ3n) is 4.46. The lowest BCUT2D eigenvalue weighted by molar-refractivity contribution is -0.112. The van der Waals surface area contributed by atoms with Crippen molar-refractivity contribution in [2.75, 3.05) is 18.8 Å². The van der Waals surface area contributed by atoms with Crippen molar-refractivity contribution in [2.24, 2.45) is 5.73 Å². The molecule has 0 fully saturated rings. The summed E-state index contributed by atoms with van der Waals surface area (Å²) in [4.78, 5) is 16.9. The fourth-order valence-electron chi connectivity index (χ4n) is 2.95. The van der Waals surface area contributed by atoms with Crippen LogP contribution in [-0.2, 0) is 21.4 Å². The largest absolute Gasteiger partial charge is 0.401 e. The average Bonchev–Trinajstić information content (AvgIpc) is 3.03. The number of imidazole rings is 1. The summed E-state index contributed by atoms with van der Waals surface area (Å²) >= 11 is 1.20. The van der Waals surface area contributed by atoms with Gasteiger partial charge in [0.25, 0.3) is 0 Å². The Bertz CT molecular complexity index is 1090. The van der Waals surface area contributed by atoms with E-state index in [0.29, 0.717) is 30.3 Å². The number of fused-ring (bicyclic) bond motifs is 1. The number of hydrogen-bond acceptors (Lipinski definition) is 7. The highest BCUT2D eigenvalue weighted by atomic mass is 32.2. The van der Waals surface area contributed by atoms with Gasteiger partial charge in [0, 0.05) is 25.3 Å². The summed E-state index contributed by atoms with van der Waals surface area (Å²) in [5.41, 5.74) is 7.05. The number of benzene rings is 1. The molecule has 156 valence electrons. The molecule has 0 unspecified atom stereocenters. The monoisotopic (exact) mass is 435 g/mol. The van der Waals surface area contributed by atoms with E-state index in [9.17, 15) is 13.2 Å². The minimum Gasteiger partial charge on any atom is -0.401 e. The van der Waals surface area contributed by atoms with E-state index in [2.05, 4.69) is 4.98 Å². The zero-order valence-corrected chi connectivity index (χ0v) is 18.6. The van der Waals surface area contributed by atoms with Crippen LogP contribution in [0.2, 0.25) is 0 Å². The number of nitrogens with two attached hydrogens (primary N) is 1. The van der Waals surface area contributed by atoms with Crippen molar-refractivity contribution in [3.05, 3.63) is 29.5 Å². The number of sulfonamides is 1. The molecular weight excluding hydrogens is 410 g/mol. The van der Waals surface area contributed by atoms with Gasteiger partial charge in [0.15, 0.2) is 10.9 Å². The second-order valence-corrected chi connectivity index (χ2v) is 9.14. The molecule has 2 rings (SSSR count). The van der Waals surface area contributed by atoms with Gasteiger partial charge in [-0.25, -0.2) is 13.4 Å². The predicted octanol–water partition coefficient (Wildman–Crippen LogP) is 2.50. The van der Waals surface area contributed by atoms with Gasteiger partial charge < -0.3 is 10.3 Å². The van der Waals surface area contributed by atoms with Gasteiger partial charge in [0.1, 0.15) is 11.6 Å². The van der Waals surface area contributed by atoms with E-state index in [0.717, 1.165) is 5.52 Å². The zero-order valence-electron chi connectivity index (χ0n) is 17.0. The fourth-order valence-corrected chi connectivity index (χ4v) is 5.38. The topological polar surface area (TPSA) is 122 Å². The first-order valence-corrected chi connectivity index (χ1v) is 11.7. The highest BCUT2D eigenvalue weighted by Gasteiger charge is 2.23. The average molecular weight is 436 g/mol. The van der Waals surface area contributed by atoms with Crippen LogP contribution >= 0.6 is 11.8 Å². The molecule has 0 atom stereocenters. The highest BCUT2D eigenvalue weighted by molar-refractivity contribution is 7.99. The van der Waals surface area contributed by atoms with E-state index in [-0.39, 0.29) is 27.7 Å². The van der Waals surface area contributed by atoms with Crippen LogP contribution in [0, 0.1) is 11.3 Å². The zero-order chi connectivity index (χ0) is 21.8. The Hall–Kier alpha value is -2.35. The van der Waals surface area contributed by atoms with Crippen molar-refractivity contribution in [1.29, 1.82) is 5.26 Å². The number of aromatic nitrogens is 2. The van der Waals surface area contributed by atoms with E-state index in [1.54, 1.807) is 32.0 Å². The Morgan fingerprint density at radius 1 is 1.31 bits per heavy atom. The number of nitrogens with zero attached hydrogens (tertiary/aromatic N) is 4. The van der Waals surface area contributed by atoms with Crippen LogP contribution in [0.5, 0.6) is 0 Å². The molecular formula is C19H25N5O3S2. The Balaban J connectivity index is 2.41. The number of rotatable bonds is 9. The van der Waals surface area contributed by atoms with E-state index in [1.165, 1.54) is 23.0 Å². The number of hydrogen-bond donors (Lipinski definition) is 1. The molecule has 0 aliphatic carbocycles. The molecule has 1 aromatic heterocycles. The summed E-state index contributed by atoms with van der Waals surface area (Å²) in [5.74, 6) is -0.345. The number of carbonyl (C=O) groups excluding carboxylic acids is 1. The number of ketones is 1.